The lowest BCUT2D eigenvalue weighted by molar-refractivity contribution is 0.178. The summed E-state index contributed by atoms with van der Waals surface area (Å²) in [6.07, 6.45) is 1.21. The van der Waals surface area contributed by atoms with Crippen LogP contribution in [0.3, 0.4) is 0 Å². The molecule has 2 aromatic rings. The Balaban J connectivity index is 1.77. The van der Waals surface area contributed by atoms with Crippen molar-refractivity contribution in [1.82, 2.24) is 0 Å². The van der Waals surface area contributed by atoms with Crippen molar-refractivity contribution >= 4 is 17.3 Å². The Kier molecular flexibility index (Phi) is 3.68. The third-order valence-corrected chi connectivity index (χ3v) is 4.21. The number of fused-ring (bicyclic) bond motifs is 1. The zero-order valence-electron chi connectivity index (χ0n) is 11.5. The van der Waals surface area contributed by atoms with E-state index in [4.69, 9.17) is 11.6 Å². The molecule has 20 heavy (non-hydrogen) atoms. The summed E-state index contributed by atoms with van der Waals surface area (Å²) in [5.41, 5.74) is 4.71. The molecular weight excluding hydrogens is 270 g/mol. The van der Waals surface area contributed by atoms with Crippen LogP contribution in [0.5, 0.6) is 0 Å². The maximum Gasteiger partial charge on any atom is 0.0830 e. The molecule has 0 bridgehead atoms. The number of likely N-dealkylation sites (N-methyl/N-ethyl adjacent to an activating group) is 1. The highest BCUT2D eigenvalue weighted by Gasteiger charge is 2.17. The number of nitrogens with zero attached hydrogens (tertiary/aromatic N) is 1. The first kappa shape index (κ1) is 13.5. The second-order valence-corrected chi connectivity index (χ2v) is 5.84. The summed E-state index contributed by atoms with van der Waals surface area (Å²) in [6.45, 7) is 1.06. The molecule has 0 radical (unpaired) electrons. The summed E-state index contributed by atoms with van der Waals surface area (Å²) in [6, 6.07) is 13.9. The van der Waals surface area contributed by atoms with Crippen LogP contribution in [-0.4, -0.2) is 18.7 Å². The lowest BCUT2D eigenvalue weighted by atomic mass is 9.99. The fourth-order valence-corrected chi connectivity index (χ4v) is 2.88. The number of halogens is 1. The molecule has 0 amide bonds. The lowest BCUT2D eigenvalue weighted by Crippen LogP contribution is -2.12. The molecule has 1 aliphatic rings. The minimum atomic E-state index is -0.465. The molecule has 1 N–H and O–H groups in total. The van der Waals surface area contributed by atoms with Gasteiger partial charge in [0.1, 0.15) is 0 Å². The molecule has 0 fully saturated rings. The van der Waals surface area contributed by atoms with Gasteiger partial charge in [0.25, 0.3) is 0 Å². The van der Waals surface area contributed by atoms with Gasteiger partial charge in [-0.25, -0.2) is 0 Å². The Bertz CT molecular complexity index is 609. The largest absolute Gasteiger partial charge is 0.388 e. The van der Waals surface area contributed by atoms with Gasteiger partial charge in [-0.05, 0) is 41.3 Å². The van der Waals surface area contributed by atoms with Crippen molar-refractivity contribution in [3.8, 4) is 0 Å². The average Bonchev–Trinajstić information content (AvgIpc) is 2.82. The third-order valence-electron chi connectivity index (χ3n) is 3.96. The number of aliphatic hydroxyl groups is 1. The number of anilines is 1. The Hall–Kier alpha value is -1.51. The number of hydrogen-bond donors (Lipinski definition) is 1. The maximum atomic E-state index is 10.4. The zero-order valence-corrected chi connectivity index (χ0v) is 12.3. The molecule has 1 aliphatic heterocycles. The molecule has 1 heterocycles. The van der Waals surface area contributed by atoms with E-state index in [1.807, 2.05) is 30.3 Å². The summed E-state index contributed by atoms with van der Waals surface area (Å²) in [5, 5.41) is 11.1. The third kappa shape index (κ3) is 2.67. The van der Waals surface area contributed by atoms with Crippen molar-refractivity contribution in [1.29, 1.82) is 0 Å². The van der Waals surface area contributed by atoms with Crippen molar-refractivity contribution < 1.29 is 5.11 Å². The molecule has 104 valence electrons. The molecule has 2 nitrogen and oxygen atoms in total. The summed E-state index contributed by atoms with van der Waals surface area (Å²) in [4.78, 5) is 2.25. The smallest absolute Gasteiger partial charge is 0.0830 e. The Morgan fingerprint density at radius 3 is 2.70 bits per heavy atom. The van der Waals surface area contributed by atoms with Gasteiger partial charge < -0.3 is 10.0 Å². The van der Waals surface area contributed by atoms with Crippen LogP contribution in [0.4, 0.5) is 5.69 Å². The molecule has 1 atom stereocenters. The fraction of sp³-hybridized carbons (Fsp3) is 0.294. The standard InChI is InChI=1S/C17H18ClNO/c1-19-9-8-13-11-14(4-7-16(13)19)17(20)10-12-2-5-15(18)6-3-12/h2-7,11,17,20H,8-10H2,1H3. The molecule has 2 aromatic carbocycles. The highest BCUT2D eigenvalue weighted by Crippen LogP contribution is 2.30. The van der Waals surface area contributed by atoms with Crippen LogP contribution in [0.2, 0.25) is 5.02 Å². The normalized spacial score (nSPS) is 15.2. The fourth-order valence-electron chi connectivity index (χ4n) is 2.76. The van der Waals surface area contributed by atoms with E-state index in [-0.39, 0.29) is 0 Å². The zero-order chi connectivity index (χ0) is 14.1. The summed E-state index contributed by atoms with van der Waals surface area (Å²) < 4.78 is 0. The summed E-state index contributed by atoms with van der Waals surface area (Å²) in [7, 11) is 2.11. The van der Waals surface area contributed by atoms with Crippen molar-refractivity contribution in [3.63, 3.8) is 0 Å². The number of benzene rings is 2. The summed E-state index contributed by atoms with van der Waals surface area (Å²) in [5.74, 6) is 0. The highest BCUT2D eigenvalue weighted by atomic mass is 35.5. The van der Waals surface area contributed by atoms with E-state index in [2.05, 4.69) is 24.1 Å². The van der Waals surface area contributed by atoms with Crippen LogP contribution in [-0.2, 0) is 12.8 Å². The van der Waals surface area contributed by atoms with Crippen molar-refractivity contribution in [2.45, 2.75) is 18.9 Å². The van der Waals surface area contributed by atoms with Gasteiger partial charge in [0.2, 0.25) is 0 Å². The Morgan fingerprint density at radius 2 is 1.95 bits per heavy atom. The van der Waals surface area contributed by atoms with E-state index in [1.54, 1.807) is 0 Å². The predicted octanol–water partition coefficient (Wildman–Crippen LogP) is 3.61. The van der Waals surface area contributed by atoms with Crippen LogP contribution >= 0.6 is 11.6 Å². The maximum absolute atomic E-state index is 10.4. The molecule has 0 aromatic heterocycles. The molecule has 0 spiro atoms. The highest BCUT2D eigenvalue weighted by molar-refractivity contribution is 6.30. The summed E-state index contributed by atoms with van der Waals surface area (Å²) >= 11 is 5.88. The van der Waals surface area contributed by atoms with Crippen molar-refractivity contribution in [3.05, 3.63) is 64.2 Å². The molecule has 0 saturated heterocycles. The van der Waals surface area contributed by atoms with E-state index in [9.17, 15) is 5.11 Å². The van der Waals surface area contributed by atoms with Crippen LogP contribution < -0.4 is 4.90 Å². The van der Waals surface area contributed by atoms with E-state index in [0.29, 0.717) is 6.42 Å². The van der Waals surface area contributed by atoms with Crippen LogP contribution in [0, 0.1) is 0 Å². The topological polar surface area (TPSA) is 23.5 Å². The molecule has 1 unspecified atom stereocenters. The quantitative estimate of drug-likeness (QED) is 0.932. The van der Waals surface area contributed by atoms with Crippen LogP contribution in [0.25, 0.3) is 0 Å². The van der Waals surface area contributed by atoms with Gasteiger partial charge in [-0.1, -0.05) is 35.9 Å². The van der Waals surface area contributed by atoms with Gasteiger partial charge in [0.05, 0.1) is 6.10 Å². The second-order valence-electron chi connectivity index (χ2n) is 5.41. The van der Waals surface area contributed by atoms with Crippen molar-refractivity contribution in [2.24, 2.45) is 0 Å². The monoisotopic (exact) mass is 287 g/mol. The first-order chi connectivity index (χ1) is 9.63. The van der Waals surface area contributed by atoms with E-state index in [1.165, 1.54) is 11.3 Å². The number of hydrogen-bond acceptors (Lipinski definition) is 2. The van der Waals surface area contributed by atoms with Gasteiger partial charge >= 0.3 is 0 Å². The van der Waals surface area contributed by atoms with Crippen LogP contribution in [0.15, 0.2) is 42.5 Å². The van der Waals surface area contributed by atoms with Gasteiger partial charge in [-0.15, -0.1) is 0 Å². The van der Waals surface area contributed by atoms with Gasteiger partial charge in [-0.2, -0.15) is 0 Å². The lowest BCUT2D eigenvalue weighted by Gasteiger charge is -2.15. The first-order valence-corrected chi connectivity index (χ1v) is 7.28. The van der Waals surface area contributed by atoms with E-state index < -0.39 is 6.10 Å². The predicted molar refractivity (Wildman–Crippen MR) is 83.5 cm³/mol. The molecule has 0 saturated carbocycles. The van der Waals surface area contributed by atoms with Gasteiger partial charge in [-0.3, -0.25) is 0 Å². The Morgan fingerprint density at radius 1 is 1.20 bits per heavy atom. The van der Waals surface area contributed by atoms with Gasteiger partial charge in [0.15, 0.2) is 0 Å². The van der Waals surface area contributed by atoms with Gasteiger partial charge in [0, 0.05) is 30.7 Å². The number of rotatable bonds is 3. The molecule has 0 aliphatic carbocycles. The van der Waals surface area contributed by atoms with E-state index in [0.717, 1.165) is 29.1 Å². The molecule has 3 heteroatoms. The minimum Gasteiger partial charge on any atom is -0.388 e. The molecular formula is C17H18ClNO. The minimum absolute atomic E-state index is 0.465. The van der Waals surface area contributed by atoms with E-state index >= 15 is 0 Å². The van der Waals surface area contributed by atoms with Crippen molar-refractivity contribution in [2.75, 3.05) is 18.5 Å². The Labute approximate surface area is 124 Å². The molecule has 3 rings (SSSR count). The van der Waals surface area contributed by atoms with Crippen LogP contribution in [0.1, 0.15) is 22.8 Å². The average molecular weight is 288 g/mol. The second kappa shape index (κ2) is 5.47. The SMILES string of the molecule is CN1CCc2cc(C(O)Cc3ccc(Cl)cc3)ccc21. The number of aliphatic hydroxyl groups excluding tert-OH is 1. The first-order valence-electron chi connectivity index (χ1n) is 6.90.